The van der Waals surface area contributed by atoms with Gasteiger partial charge in [0.15, 0.2) is 0 Å². The lowest BCUT2D eigenvalue weighted by Gasteiger charge is -2.16. The van der Waals surface area contributed by atoms with E-state index >= 15 is 0 Å². The first-order valence-electron chi connectivity index (χ1n) is 5.99. The molecule has 1 aromatic heterocycles. The van der Waals surface area contributed by atoms with Crippen molar-refractivity contribution in [2.24, 2.45) is 0 Å². The lowest BCUT2D eigenvalue weighted by Crippen LogP contribution is -2.35. The molecule has 100 valence electrons. The Morgan fingerprint density at radius 3 is 3.00 bits per heavy atom. The molecule has 0 radical (unpaired) electrons. The van der Waals surface area contributed by atoms with Crippen LogP contribution in [0.25, 0.3) is 0 Å². The summed E-state index contributed by atoms with van der Waals surface area (Å²) in [7, 11) is 1.64. The van der Waals surface area contributed by atoms with E-state index in [0.29, 0.717) is 18.7 Å². The van der Waals surface area contributed by atoms with E-state index in [4.69, 9.17) is 4.74 Å². The van der Waals surface area contributed by atoms with Gasteiger partial charge in [-0.25, -0.2) is 0 Å². The maximum absolute atomic E-state index is 10.7. The van der Waals surface area contributed by atoms with Crippen molar-refractivity contribution >= 4 is 5.69 Å². The van der Waals surface area contributed by atoms with Gasteiger partial charge in [0.2, 0.25) is 0 Å². The molecular formula is C12H19N3O3. The number of nitrogens with one attached hydrogen (secondary N) is 1. The Morgan fingerprint density at radius 1 is 1.61 bits per heavy atom. The van der Waals surface area contributed by atoms with Crippen molar-refractivity contribution < 1.29 is 9.66 Å². The zero-order valence-corrected chi connectivity index (χ0v) is 10.8. The van der Waals surface area contributed by atoms with E-state index in [1.807, 2.05) is 0 Å². The van der Waals surface area contributed by atoms with Gasteiger partial charge in [0.1, 0.15) is 0 Å². The fourth-order valence-electron chi connectivity index (χ4n) is 1.68. The number of rotatable bonds is 8. The van der Waals surface area contributed by atoms with Crippen LogP contribution in [0.1, 0.15) is 19.0 Å². The zero-order valence-electron chi connectivity index (χ0n) is 10.8. The Bertz CT molecular complexity index is 385. The summed E-state index contributed by atoms with van der Waals surface area (Å²) < 4.78 is 5.13. The van der Waals surface area contributed by atoms with Crippen LogP contribution in [0, 0.1) is 10.1 Å². The molecule has 0 amide bonds. The Balaban J connectivity index is 2.67. The minimum Gasteiger partial charge on any atom is -0.383 e. The first-order valence-corrected chi connectivity index (χ1v) is 5.99. The van der Waals surface area contributed by atoms with Crippen LogP contribution in [-0.4, -0.2) is 36.2 Å². The minimum atomic E-state index is -0.407. The van der Waals surface area contributed by atoms with Crippen molar-refractivity contribution in [2.45, 2.75) is 25.8 Å². The van der Waals surface area contributed by atoms with Crippen LogP contribution in [0.4, 0.5) is 5.69 Å². The number of methoxy groups -OCH3 is 1. The number of aromatic nitrogens is 1. The quantitative estimate of drug-likeness (QED) is 0.561. The van der Waals surface area contributed by atoms with Crippen LogP contribution in [0.15, 0.2) is 18.3 Å². The molecule has 0 saturated heterocycles. The van der Waals surface area contributed by atoms with Gasteiger partial charge < -0.3 is 10.1 Å². The molecule has 1 rings (SSSR count). The fraction of sp³-hybridized carbons (Fsp3) is 0.583. The van der Waals surface area contributed by atoms with E-state index in [1.165, 1.54) is 18.3 Å². The highest BCUT2D eigenvalue weighted by molar-refractivity contribution is 5.29. The third-order valence-electron chi connectivity index (χ3n) is 2.52. The average Bonchev–Trinajstić information content (AvgIpc) is 2.36. The highest BCUT2D eigenvalue weighted by atomic mass is 16.6. The van der Waals surface area contributed by atoms with Crippen LogP contribution < -0.4 is 5.32 Å². The second-order valence-corrected chi connectivity index (χ2v) is 4.07. The summed E-state index contributed by atoms with van der Waals surface area (Å²) in [6.07, 6.45) is 3.12. The van der Waals surface area contributed by atoms with Gasteiger partial charge in [0, 0.05) is 43.6 Å². The van der Waals surface area contributed by atoms with Crippen molar-refractivity contribution in [1.29, 1.82) is 0 Å². The van der Waals surface area contributed by atoms with Gasteiger partial charge in [-0.1, -0.05) is 6.92 Å². The molecule has 0 spiro atoms. The average molecular weight is 253 g/mol. The highest BCUT2D eigenvalue weighted by Crippen LogP contribution is 2.12. The van der Waals surface area contributed by atoms with Crippen LogP contribution in [0.2, 0.25) is 0 Å². The van der Waals surface area contributed by atoms with Crippen molar-refractivity contribution in [3.63, 3.8) is 0 Å². The predicted octanol–water partition coefficient (Wildman–Crippen LogP) is 1.55. The normalized spacial score (nSPS) is 12.3. The highest BCUT2D eigenvalue weighted by Gasteiger charge is 2.12. The first kappa shape index (κ1) is 14.5. The lowest BCUT2D eigenvalue weighted by atomic mass is 10.1. The first-order chi connectivity index (χ1) is 8.67. The Labute approximate surface area is 107 Å². The summed E-state index contributed by atoms with van der Waals surface area (Å²) >= 11 is 0. The largest absolute Gasteiger partial charge is 0.383 e. The molecule has 0 saturated carbocycles. The molecule has 1 aromatic rings. The molecule has 0 aromatic carbocycles. The fourth-order valence-corrected chi connectivity index (χ4v) is 1.68. The summed E-state index contributed by atoms with van der Waals surface area (Å²) in [5, 5.41) is 14.0. The number of nitrogens with zero attached hydrogens (tertiary/aromatic N) is 2. The van der Waals surface area contributed by atoms with E-state index < -0.39 is 4.92 Å². The van der Waals surface area contributed by atoms with Gasteiger partial charge in [-0.2, -0.15) is 0 Å². The topological polar surface area (TPSA) is 77.3 Å². The van der Waals surface area contributed by atoms with E-state index in [1.54, 1.807) is 7.11 Å². The van der Waals surface area contributed by atoms with Crippen LogP contribution in [0.5, 0.6) is 0 Å². The molecule has 1 N–H and O–H groups in total. The predicted molar refractivity (Wildman–Crippen MR) is 68.6 cm³/mol. The molecule has 0 fully saturated rings. The molecule has 1 heterocycles. The molecule has 18 heavy (non-hydrogen) atoms. The van der Waals surface area contributed by atoms with Gasteiger partial charge in [-0.15, -0.1) is 0 Å². The smallest absolute Gasteiger partial charge is 0.272 e. The maximum atomic E-state index is 10.7. The maximum Gasteiger partial charge on any atom is 0.272 e. The second-order valence-electron chi connectivity index (χ2n) is 4.07. The number of pyridine rings is 1. The summed E-state index contributed by atoms with van der Waals surface area (Å²) in [4.78, 5) is 14.4. The SMILES string of the molecule is CCCNC(COC)Cc1cc([N+](=O)[O-])ccn1. The Hall–Kier alpha value is -1.53. The minimum absolute atomic E-state index is 0.0756. The lowest BCUT2D eigenvalue weighted by molar-refractivity contribution is -0.385. The summed E-state index contributed by atoms with van der Waals surface area (Å²) in [5.74, 6) is 0. The summed E-state index contributed by atoms with van der Waals surface area (Å²) in [6, 6.07) is 3.04. The Morgan fingerprint density at radius 2 is 2.39 bits per heavy atom. The monoisotopic (exact) mass is 253 g/mol. The number of hydrogen-bond acceptors (Lipinski definition) is 5. The molecule has 6 heteroatoms. The standard InChI is InChI=1S/C12H19N3O3/c1-3-5-13-11(9-18-2)7-10-8-12(15(16)17)4-6-14-10/h4,6,8,11,13H,3,5,7,9H2,1-2H3. The molecular weight excluding hydrogens is 234 g/mol. The summed E-state index contributed by atoms with van der Waals surface area (Å²) in [6.45, 7) is 3.54. The molecule has 0 aliphatic heterocycles. The number of ether oxygens (including phenoxy) is 1. The van der Waals surface area contributed by atoms with Gasteiger partial charge in [0.25, 0.3) is 5.69 Å². The van der Waals surface area contributed by atoms with Gasteiger partial charge in [-0.05, 0) is 13.0 Å². The van der Waals surface area contributed by atoms with Crippen LogP contribution in [0.3, 0.4) is 0 Å². The number of hydrogen-bond donors (Lipinski definition) is 1. The van der Waals surface area contributed by atoms with Gasteiger partial charge in [0.05, 0.1) is 11.5 Å². The van der Waals surface area contributed by atoms with Gasteiger partial charge in [-0.3, -0.25) is 15.1 Å². The van der Waals surface area contributed by atoms with Crippen molar-refractivity contribution in [3.8, 4) is 0 Å². The van der Waals surface area contributed by atoms with Crippen molar-refractivity contribution in [2.75, 3.05) is 20.3 Å². The molecule has 0 aliphatic carbocycles. The molecule has 1 atom stereocenters. The van der Waals surface area contributed by atoms with Crippen molar-refractivity contribution in [3.05, 3.63) is 34.1 Å². The molecule has 0 aliphatic rings. The molecule has 6 nitrogen and oxygen atoms in total. The third-order valence-corrected chi connectivity index (χ3v) is 2.52. The van der Waals surface area contributed by atoms with E-state index in [-0.39, 0.29) is 11.7 Å². The van der Waals surface area contributed by atoms with E-state index in [0.717, 1.165) is 13.0 Å². The van der Waals surface area contributed by atoms with Gasteiger partial charge >= 0.3 is 0 Å². The van der Waals surface area contributed by atoms with Crippen molar-refractivity contribution in [1.82, 2.24) is 10.3 Å². The Kier molecular flexibility index (Phi) is 6.24. The van der Waals surface area contributed by atoms with Crippen LogP contribution >= 0.6 is 0 Å². The van der Waals surface area contributed by atoms with E-state index in [9.17, 15) is 10.1 Å². The molecule has 0 bridgehead atoms. The third kappa shape index (κ3) is 4.77. The second kappa shape index (κ2) is 7.73. The van der Waals surface area contributed by atoms with E-state index in [2.05, 4.69) is 17.2 Å². The molecule has 1 unspecified atom stereocenters. The zero-order chi connectivity index (χ0) is 13.4. The number of nitro groups is 1. The summed E-state index contributed by atoms with van der Waals surface area (Å²) in [5.41, 5.74) is 0.779. The van der Waals surface area contributed by atoms with Crippen LogP contribution in [-0.2, 0) is 11.2 Å².